The molecule has 9 rings (SSSR count). The van der Waals surface area contributed by atoms with Crippen LogP contribution in [-0.2, 0) is 10.1 Å². The first kappa shape index (κ1) is 34.4. The van der Waals surface area contributed by atoms with Gasteiger partial charge in [-0.3, -0.25) is 0 Å². The average Bonchev–Trinajstić information content (AvgIpc) is 3.60. The van der Waals surface area contributed by atoms with E-state index in [1.165, 1.54) is 11.3 Å². The second-order valence-electron chi connectivity index (χ2n) is 12.8. The molecule has 0 radical (unpaired) electrons. The lowest BCUT2D eigenvalue weighted by atomic mass is 9.97. The van der Waals surface area contributed by atoms with E-state index in [1.54, 1.807) is 24.3 Å². The summed E-state index contributed by atoms with van der Waals surface area (Å²) in [5.74, 6) is -0.373. The predicted molar refractivity (Wildman–Crippen MR) is 219 cm³/mol. The van der Waals surface area contributed by atoms with E-state index < -0.39 is 15.6 Å². The quantitative estimate of drug-likeness (QED) is 0.114. The van der Waals surface area contributed by atoms with Gasteiger partial charge in [-0.05, 0) is 54.6 Å². The molecule has 0 unspecified atom stereocenters. The van der Waals surface area contributed by atoms with Crippen LogP contribution in [-0.4, -0.2) is 13.9 Å². The van der Waals surface area contributed by atoms with Gasteiger partial charge in [0.05, 0.1) is 16.1 Å². The minimum absolute atomic E-state index is 0.223. The molecule has 0 saturated heterocycles. The highest BCUT2D eigenvalue weighted by Crippen LogP contribution is 2.56. The van der Waals surface area contributed by atoms with Gasteiger partial charge in [0.2, 0.25) is 0 Å². The Labute approximate surface area is 318 Å². The summed E-state index contributed by atoms with van der Waals surface area (Å²) in [6.45, 7) is 0. The molecule has 0 fully saturated rings. The summed E-state index contributed by atoms with van der Waals surface area (Å²) in [5, 5.41) is 3.74. The molecule has 9 aromatic rings. The first-order valence-corrected chi connectivity index (χ1v) is 19.6. The molecule has 0 amide bonds. The number of anilines is 6. The third-order valence-corrected chi connectivity index (χ3v) is 11.7. The van der Waals surface area contributed by atoms with Gasteiger partial charge < -0.3 is 14.0 Å². The van der Waals surface area contributed by atoms with E-state index in [1.807, 2.05) is 146 Å². The molecule has 0 aliphatic heterocycles. The van der Waals surface area contributed by atoms with Crippen LogP contribution >= 0.6 is 11.3 Å². The van der Waals surface area contributed by atoms with Crippen LogP contribution in [0.4, 0.5) is 47.3 Å². The van der Waals surface area contributed by atoms with Crippen LogP contribution in [0.1, 0.15) is 0 Å². The third kappa shape index (κ3) is 5.90. The number of fused-ring (bicyclic) bond motifs is 6. The molecule has 270 valence electrons. The first-order valence-electron chi connectivity index (χ1n) is 17.3. The van der Waals surface area contributed by atoms with Crippen LogP contribution < -0.4 is 14.0 Å². The Morgan fingerprint density at radius 3 is 1.38 bits per heavy atom. The Balaban J connectivity index is 1.50. The number of alkyl halides is 3. The van der Waals surface area contributed by atoms with Crippen molar-refractivity contribution in [3.8, 4) is 5.75 Å². The highest BCUT2D eigenvalue weighted by atomic mass is 32.2. The molecular formula is C45H29F3N2O3S2. The summed E-state index contributed by atoms with van der Waals surface area (Å²) in [5.41, 5.74) is -0.756. The van der Waals surface area contributed by atoms with Crippen molar-refractivity contribution in [1.82, 2.24) is 0 Å². The zero-order valence-electron chi connectivity index (χ0n) is 28.8. The van der Waals surface area contributed by atoms with Crippen molar-refractivity contribution in [3.05, 3.63) is 176 Å². The molecule has 5 nitrogen and oxygen atoms in total. The van der Waals surface area contributed by atoms with Gasteiger partial charge in [-0.1, -0.05) is 121 Å². The van der Waals surface area contributed by atoms with Crippen molar-refractivity contribution in [1.29, 1.82) is 0 Å². The maximum absolute atomic E-state index is 14.1. The number of nitrogens with zero attached hydrogens (tertiary/aromatic N) is 2. The topological polar surface area (TPSA) is 49.9 Å². The fraction of sp³-hybridized carbons (Fsp3) is 0.0222. The van der Waals surface area contributed by atoms with Crippen LogP contribution in [0.3, 0.4) is 0 Å². The fourth-order valence-corrected chi connectivity index (χ4v) is 9.10. The SMILES string of the molecule is O=S(=O)(Oc1c2ccccc2c(N(c2ccccc2)c2ccccc2)c2c1sc1c3ccccc3c(N(c3ccccc3)c3ccccc3)cc12)C(F)(F)F. The number of halogens is 3. The molecular weight excluding hydrogens is 738 g/mol. The molecule has 0 N–H and O–H groups in total. The van der Waals surface area contributed by atoms with Crippen molar-refractivity contribution in [2.75, 3.05) is 9.80 Å². The minimum Gasteiger partial charge on any atom is -0.374 e. The molecule has 0 aliphatic rings. The standard InChI is InChI=1S/C45H29F3N2O3S2/c46-45(47,48)55(51,52)53-42-36-27-15-14-26-35(36)41(50(32-21-9-3-10-22-32)33-23-11-4-12-24-33)40-38-29-39(34-25-13-16-28-37(34)43(38)54-44(40)42)49(30-17-5-1-6-18-30)31-19-7-2-8-20-31/h1-29H. The lowest BCUT2D eigenvalue weighted by Gasteiger charge is -2.29. The monoisotopic (exact) mass is 766 g/mol. The molecule has 10 heteroatoms. The molecule has 8 aromatic carbocycles. The van der Waals surface area contributed by atoms with Gasteiger partial charge in [-0.15, -0.1) is 11.3 Å². The van der Waals surface area contributed by atoms with Gasteiger partial charge in [-0.25, -0.2) is 0 Å². The minimum atomic E-state index is -6.06. The average molecular weight is 767 g/mol. The number of rotatable bonds is 8. The van der Waals surface area contributed by atoms with E-state index in [0.717, 1.165) is 49.3 Å². The second kappa shape index (κ2) is 13.5. The van der Waals surface area contributed by atoms with Crippen LogP contribution in [0.25, 0.3) is 41.7 Å². The van der Waals surface area contributed by atoms with Gasteiger partial charge in [-0.2, -0.15) is 21.6 Å². The highest BCUT2D eigenvalue weighted by molar-refractivity contribution is 7.88. The fourth-order valence-electron chi connectivity index (χ4n) is 7.24. The summed E-state index contributed by atoms with van der Waals surface area (Å²) in [4.78, 5) is 4.23. The van der Waals surface area contributed by atoms with Gasteiger partial charge >= 0.3 is 15.6 Å². The van der Waals surface area contributed by atoms with Crippen molar-refractivity contribution in [2.45, 2.75) is 5.51 Å². The van der Waals surface area contributed by atoms with Gasteiger partial charge in [0.15, 0.2) is 5.75 Å². The zero-order chi connectivity index (χ0) is 37.7. The van der Waals surface area contributed by atoms with E-state index in [-0.39, 0.29) is 15.8 Å². The van der Waals surface area contributed by atoms with E-state index in [9.17, 15) is 21.6 Å². The normalized spacial score (nSPS) is 12.1. The van der Waals surface area contributed by atoms with E-state index in [2.05, 4.69) is 15.9 Å². The van der Waals surface area contributed by atoms with Crippen molar-refractivity contribution < 1.29 is 25.8 Å². The summed E-state index contributed by atoms with van der Waals surface area (Å²) in [6, 6.07) is 56.1. The first-order chi connectivity index (χ1) is 26.7. The van der Waals surface area contributed by atoms with E-state index in [4.69, 9.17) is 4.18 Å². The number of para-hydroxylation sites is 4. The maximum atomic E-state index is 14.1. The molecule has 0 saturated carbocycles. The number of benzene rings is 8. The van der Waals surface area contributed by atoms with Crippen LogP contribution in [0.15, 0.2) is 176 Å². The highest BCUT2D eigenvalue weighted by Gasteiger charge is 2.49. The summed E-state index contributed by atoms with van der Waals surface area (Å²) in [7, 11) is -6.06. The summed E-state index contributed by atoms with van der Waals surface area (Å²) in [6.07, 6.45) is 0. The molecule has 0 spiro atoms. The van der Waals surface area contributed by atoms with Gasteiger partial charge in [0, 0.05) is 59.8 Å². The Morgan fingerprint density at radius 2 is 0.891 bits per heavy atom. The van der Waals surface area contributed by atoms with Gasteiger partial charge in [0.25, 0.3) is 0 Å². The number of hydrogen-bond donors (Lipinski definition) is 0. The van der Waals surface area contributed by atoms with Crippen LogP contribution in [0.5, 0.6) is 5.75 Å². The predicted octanol–water partition coefficient (Wildman–Crippen LogP) is 13.5. The maximum Gasteiger partial charge on any atom is 0.534 e. The Hall–Kier alpha value is -6.36. The molecule has 0 atom stereocenters. The summed E-state index contributed by atoms with van der Waals surface area (Å²) >= 11 is 1.22. The molecule has 1 aromatic heterocycles. The van der Waals surface area contributed by atoms with Crippen molar-refractivity contribution in [3.63, 3.8) is 0 Å². The van der Waals surface area contributed by atoms with Crippen LogP contribution in [0.2, 0.25) is 0 Å². The van der Waals surface area contributed by atoms with Crippen molar-refractivity contribution >= 4 is 97.3 Å². The number of thiophene rings is 1. The Kier molecular flexibility index (Phi) is 8.44. The Bertz CT molecular complexity index is 2880. The zero-order valence-corrected chi connectivity index (χ0v) is 30.4. The van der Waals surface area contributed by atoms with Crippen molar-refractivity contribution in [2.24, 2.45) is 0 Å². The molecule has 0 aliphatic carbocycles. The second-order valence-corrected chi connectivity index (χ2v) is 15.4. The third-order valence-electron chi connectivity index (χ3n) is 9.54. The largest absolute Gasteiger partial charge is 0.534 e. The smallest absolute Gasteiger partial charge is 0.374 e. The molecule has 1 heterocycles. The number of hydrogen-bond acceptors (Lipinski definition) is 6. The Morgan fingerprint density at radius 1 is 0.473 bits per heavy atom. The van der Waals surface area contributed by atoms with Gasteiger partial charge in [0.1, 0.15) is 0 Å². The lowest BCUT2D eigenvalue weighted by molar-refractivity contribution is -0.0499. The molecule has 0 bridgehead atoms. The lowest BCUT2D eigenvalue weighted by Crippen LogP contribution is -2.28. The molecule has 55 heavy (non-hydrogen) atoms. The van der Waals surface area contributed by atoms with E-state index in [0.29, 0.717) is 16.5 Å². The van der Waals surface area contributed by atoms with E-state index >= 15 is 0 Å². The summed E-state index contributed by atoms with van der Waals surface area (Å²) < 4.78 is 74.4. The van der Waals surface area contributed by atoms with Crippen LogP contribution in [0, 0.1) is 0 Å².